The maximum atomic E-state index is 13.1. The molecule has 0 saturated carbocycles. The van der Waals surface area contributed by atoms with Crippen molar-refractivity contribution in [3.63, 3.8) is 0 Å². The molecule has 0 saturated heterocycles. The summed E-state index contributed by atoms with van der Waals surface area (Å²) in [6.07, 6.45) is 0. The molecular formula is C13H8ClFN2O. The highest BCUT2D eigenvalue weighted by Gasteiger charge is 2.10. The molecule has 0 spiro atoms. The van der Waals surface area contributed by atoms with Gasteiger partial charge in [-0.2, -0.15) is 0 Å². The van der Waals surface area contributed by atoms with Gasteiger partial charge < -0.3 is 10.2 Å². The summed E-state index contributed by atoms with van der Waals surface area (Å²) in [5, 5.41) is 0.573. The quantitative estimate of drug-likeness (QED) is 0.677. The molecule has 0 atom stereocenters. The minimum Gasteiger partial charge on any atom is -0.436 e. The lowest BCUT2D eigenvalue weighted by molar-refractivity contribution is 0.617. The largest absolute Gasteiger partial charge is 0.436 e. The third-order valence-electron chi connectivity index (χ3n) is 2.59. The number of halogens is 2. The molecule has 3 aromatic rings. The van der Waals surface area contributed by atoms with Crippen LogP contribution in [0.5, 0.6) is 0 Å². The molecule has 0 amide bonds. The van der Waals surface area contributed by atoms with E-state index in [4.69, 9.17) is 21.8 Å². The van der Waals surface area contributed by atoms with Crippen molar-refractivity contribution in [2.45, 2.75) is 0 Å². The van der Waals surface area contributed by atoms with Crippen molar-refractivity contribution in [2.75, 3.05) is 5.73 Å². The van der Waals surface area contributed by atoms with Crippen molar-refractivity contribution in [1.29, 1.82) is 0 Å². The lowest BCUT2D eigenvalue weighted by Gasteiger charge is -1.98. The van der Waals surface area contributed by atoms with Gasteiger partial charge in [-0.3, -0.25) is 0 Å². The van der Waals surface area contributed by atoms with Crippen LogP contribution in [0.1, 0.15) is 0 Å². The molecular weight excluding hydrogens is 255 g/mol. The Kier molecular flexibility index (Phi) is 2.45. The third kappa shape index (κ3) is 1.80. The number of nitrogen functional groups attached to an aromatic ring is 1. The van der Waals surface area contributed by atoms with Crippen LogP contribution < -0.4 is 5.73 Å². The van der Waals surface area contributed by atoms with Crippen LogP contribution in [0.4, 0.5) is 10.1 Å². The molecule has 0 radical (unpaired) electrons. The van der Waals surface area contributed by atoms with Crippen LogP contribution in [-0.4, -0.2) is 4.98 Å². The van der Waals surface area contributed by atoms with Crippen molar-refractivity contribution in [3.05, 3.63) is 47.2 Å². The summed E-state index contributed by atoms with van der Waals surface area (Å²) in [6.45, 7) is 0. The Balaban J connectivity index is 2.16. The number of hydrogen-bond acceptors (Lipinski definition) is 3. The molecule has 0 aliphatic rings. The van der Waals surface area contributed by atoms with Gasteiger partial charge in [0.25, 0.3) is 0 Å². The number of hydrogen-bond donors (Lipinski definition) is 1. The SMILES string of the molecule is Nc1cc(-c2nc3ccc(Cl)cc3o2)ccc1F. The molecule has 2 aromatic carbocycles. The topological polar surface area (TPSA) is 52.0 Å². The number of nitrogens with two attached hydrogens (primary N) is 1. The van der Waals surface area contributed by atoms with Crippen molar-refractivity contribution >= 4 is 28.4 Å². The summed E-state index contributed by atoms with van der Waals surface area (Å²) in [7, 11) is 0. The fourth-order valence-electron chi connectivity index (χ4n) is 1.70. The smallest absolute Gasteiger partial charge is 0.227 e. The standard InChI is InChI=1S/C13H8ClFN2O/c14-8-2-4-11-12(6-8)18-13(17-11)7-1-3-9(15)10(16)5-7/h1-6H,16H2. The lowest BCUT2D eigenvalue weighted by Crippen LogP contribution is -1.90. The summed E-state index contributed by atoms with van der Waals surface area (Å²) in [4.78, 5) is 4.29. The molecule has 5 heteroatoms. The highest BCUT2D eigenvalue weighted by atomic mass is 35.5. The van der Waals surface area contributed by atoms with Crippen LogP contribution in [0, 0.1) is 5.82 Å². The van der Waals surface area contributed by atoms with E-state index >= 15 is 0 Å². The Morgan fingerprint density at radius 3 is 2.78 bits per heavy atom. The van der Waals surface area contributed by atoms with E-state index in [1.165, 1.54) is 12.1 Å². The summed E-state index contributed by atoms with van der Waals surface area (Å²) in [5.74, 6) is -0.0723. The summed E-state index contributed by atoms with van der Waals surface area (Å²) < 4.78 is 18.6. The lowest BCUT2D eigenvalue weighted by atomic mass is 10.2. The van der Waals surface area contributed by atoms with Crippen LogP contribution in [0.2, 0.25) is 5.02 Å². The highest BCUT2D eigenvalue weighted by Crippen LogP contribution is 2.27. The second-order valence-electron chi connectivity index (χ2n) is 3.87. The Hall–Kier alpha value is -2.07. The number of oxazole rings is 1. The van der Waals surface area contributed by atoms with Gasteiger partial charge in [0.2, 0.25) is 5.89 Å². The van der Waals surface area contributed by atoms with E-state index in [9.17, 15) is 4.39 Å². The van der Waals surface area contributed by atoms with Crippen molar-refractivity contribution < 1.29 is 8.81 Å². The summed E-state index contributed by atoms with van der Waals surface area (Å²) in [5.41, 5.74) is 7.48. The average Bonchev–Trinajstić information content (AvgIpc) is 2.75. The normalized spacial score (nSPS) is 11.0. The molecule has 0 fully saturated rings. The second-order valence-corrected chi connectivity index (χ2v) is 4.30. The minimum absolute atomic E-state index is 0.0628. The Morgan fingerprint density at radius 2 is 2.00 bits per heavy atom. The summed E-state index contributed by atoms with van der Waals surface area (Å²) in [6, 6.07) is 9.51. The van der Waals surface area contributed by atoms with E-state index in [1.54, 1.807) is 24.3 Å². The molecule has 0 unspecified atom stereocenters. The number of nitrogens with zero attached hydrogens (tertiary/aromatic N) is 1. The third-order valence-corrected chi connectivity index (χ3v) is 2.83. The monoisotopic (exact) mass is 262 g/mol. The van der Waals surface area contributed by atoms with Gasteiger partial charge in [0.15, 0.2) is 5.58 Å². The van der Waals surface area contributed by atoms with Crippen molar-refractivity contribution in [2.24, 2.45) is 0 Å². The van der Waals surface area contributed by atoms with Crippen LogP contribution in [0.25, 0.3) is 22.6 Å². The van der Waals surface area contributed by atoms with E-state index in [2.05, 4.69) is 4.98 Å². The highest BCUT2D eigenvalue weighted by molar-refractivity contribution is 6.31. The molecule has 2 N–H and O–H groups in total. The van der Waals surface area contributed by atoms with Gasteiger partial charge in [-0.25, -0.2) is 9.37 Å². The van der Waals surface area contributed by atoms with Gasteiger partial charge in [0.05, 0.1) is 5.69 Å². The zero-order chi connectivity index (χ0) is 12.7. The number of aromatic nitrogens is 1. The van der Waals surface area contributed by atoms with Crippen LogP contribution in [-0.2, 0) is 0 Å². The van der Waals surface area contributed by atoms with E-state index in [0.29, 0.717) is 27.6 Å². The van der Waals surface area contributed by atoms with Gasteiger partial charge in [-0.05, 0) is 30.3 Å². The first kappa shape index (κ1) is 11.0. The molecule has 0 aliphatic carbocycles. The van der Waals surface area contributed by atoms with E-state index in [0.717, 1.165) is 0 Å². The number of anilines is 1. The van der Waals surface area contributed by atoms with Crippen LogP contribution >= 0.6 is 11.6 Å². The second kappa shape index (κ2) is 3.99. The molecule has 90 valence electrons. The fourth-order valence-corrected chi connectivity index (χ4v) is 1.86. The number of fused-ring (bicyclic) bond motifs is 1. The van der Waals surface area contributed by atoms with E-state index in [-0.39, 0.29) is 5.69 Å². The maximum absolute atomic E-state index is 13.1. The van der Waals surface area contributed by atoms with Gasteiger partial charge in [0, 0.05) is 16.7 Å². The predicted molar refractivity (Wildman–Crippen MR) is 68.8 cm³/mol. The first-order chi connectivity index (χ1) is 8.63. The first-order valence-corrected chi connectivity index (χ1v) is 5.63. The molecule has 18 heavy (non-hydrogen) atoms. The van der Waals surface area contributed by atoms with E-state index in [1.807, 2.05) is 0 Å². The van der Waals surface area contributed by atoms with Gasteiger partial charge >= 0.3 is 0 Å². The zero-order valence-electron chi connectivity index (χ0n) is 9.15. The molecule has 3 nitrogen and oxygen atoms in total. The molecule has 0 aliphatic heterocycles. The predicted octanol–water partition coefficient (Wildman–Crippen LogP) is 3.87. The van der Waals surface area contributed by atoms with Gasteiger partial charge in [-0.15, -0.1) is 0 Å². The van der Waals surface area contributed by atoms with Gasteiger partial charge in [-0.1, -0.05) is 11.6 Å². The molecule has 3 rings (SSSR count). The first-order valence-electron chi connectivity index (χ1n) is 5.25. The van der Waals surface area contributed by atoms with Crippen LogP contribution in [0.3, 0.4) is 0 Å². The molecule has 1 heterocycles. The average molecular weight is 263 g/mol. The Bertz CT molecular complexity index is 739. The fraction of sp³-hybridized carbons (Fsp3) is 0. The number of benzene rings is 2. The van der Waals surface area contributed by atoms with E-state index < -0.39 is 5.82 Å². The maximum Gasteiger partial charge on any atom is 0.227 e. The molecule has 0 bridgehead atoms. The van der Waals surface area contributed by atoms with Gasteiger partial charge in [0.1, 0.15) is 11.3 Å². The number of rotatable bonds is 1. The Labute approximate surface area is 107 Å². The zero-order valence-corrected chi connectivity index (χ0v) is 9.91. The molecule has 1 aromatic heterocycles. The Morgan fingerprint density at radius 1 is 1.17 bits per heavy atom. The van der Waals surface area contributed by atoms with Crippen LogP contribution in [0.15, 0.2) is 40.8 Å². The van der Waals surface area contributed by atoms with Crippen molar-refractivity contribution in [3.8, 4) is 11.5 Å². The summed E-state index contributed by atoms with van der Waals surface area (Å²) >= 11 is 5.86. The minimum atomic E-state index is -0.460. The van der Waals surface area contributed by atoms with Crippen molar-refractivity contribution in [1.82, 2.24) is 4.98 Å².